The molecule has 0 saturated heterocycles. The molecule has 0 saturated carbocycles. The molecule has 0 aromatic carbocycles. The van der Waals surface area contributed by atoms with Crippen molar-refractivity contribution in [3.8, 4) is 0 Å². The van der Waals surface area contributed by atoms with E-state index in [-0.39, 0.29) is 0 Å². The Labute approximate surface area is 97.1 Å². The van der Waals surface area contributed by atoms with Gasteiger partial charge in [-0.15, -0.1) is 0 Å². The second kappa shape index (κ2) is 4.92. The first-order valence-electron chi connectivity index (χ1n) is 3.15. The summed E-state index contributed by atoms with van der Waals surface area (Å²) in [6, 6.07) is 0. The van der Waals surface area contributed by atoms with Crippen molar-refractivity contribution in [2.24, 2.45) is 0 Å². The lowest BCUT2D eigenvalue weighted by molar-refractivity contribution is -0.141. The Balaban J connectivity index is 4.96. The lowest BCUT2D eigenvalue weighted by Crippen LogP contribution is -2.32. The average molecular weight is 341 g/mol. The number of halogens is 4. The second-order valence-corrected chi connectivity index (χ2v) is 5.95. The minimum absolute atomic E-state index is 2.59. The van der Waals surface area contributed by atoms with Gasteiger partial charge in [0.1, 0.15) is 0 Å². The van der Waals surface area contributed by atoms with Crippen molar-refractivity contribution in [2.75, 3.05) is 0 Å². The van der Waals surface area contributed by atoms with E-state index >= 15 is 0 Å². The molecule has 2 N–H and O–H groups in total. The minimum Gasteiger partial charge on any atom is -0.279 e. The lowest BCUT2D eigenvalue weighted by atomic mass is 11.5. The first-order valence-corrected chi connectivity index (χ1v) is 7.13. The summed E-state index contributed by atoms with van der Waals surface area (Å²) >= 11 is 0. The van der Waals surface area contributed by atoms with E-state index in [1.54, 1.807) is 0 Å². The van der Waals surface area contributed by atoms with Gasteiger partial charge in [0.15, 0.2) is 0 Å². The highest BCUT2D eigenvalue weighted by molar-refractivity contribution is 7.87. The van der Waals surface area contributed by atoms with Gasteiger partial charge in [-0.05, 0) is 9.05 Å². The van der Waals surface area contributed by atoms with Crippen LogP contribution in [0.1, 0.15) is 0 Å². The molecular formula is C2H2F4O9PS2+. The summed E-state index contributed by atoms with van der Waals surface area (Å²) < 4.78 is 120. The first kappa shape index (κ1) is 17.6. The maximum absolute atomic E-state index is 12.3. The van der Waals surface area contributed by atoms with Gasteiger partial charge in [0.2, 0.25) is 0 Å². The minimum atomic E-state index is -6.26. The standard InChI is InChI=1S/C2HF4O9PS2/c3-1(4,17(8,9)10)14-16(7)15-2(5,6)18(11,12)13/h(H-,8,9,10,11,12,13)/p+1. The molecule has 0 atom stereocenters. The van der Waals surface area contributed by atoms with Gasteiger partial charge >= 0.3 is 39.4 Å². The molecule has 0 heterocycles. The van der Waals surface area contributed by atoms with E-state index in [0.717, 1.165) is 0 Å². The third kappa shape index (κ3) is 4.34. The third-order valence-electron chi connectivity index (χ3n) is 0.962. The summed E-state index contributed by atoms with van der Waals surface area (Å²) in [6.07, 6.45) is 0. The fraction of sp³-hybridized carbons (Fsp3) is 1.00. The smallest absolute Gasteiger partial charge is 0.279 e. The third-order valence-corrected chi connectivity index (χ3v) is 3.33. The summed E-state index contributed by atoms with van der Waals surface area (Å²) in [5.41, 5.74) is -11.2. The molecule has 0 fully saturated rings. The van der Waals surface area contributed by atoms with Gasteiger partial charge in [-0.2, -0.15) is 34.4 Å². The van der Waals surface area contributed by atoms with Crippen LogP contribution in [0.15, 0.2) is 0 Å². The molecule has 0 rings (SSSR count). The van der Waals surface area contributed by atoms with Crippen LogP contribution in [0.4, 0.5) is 17.6 Å². The predicted octanol–water partition coefficient (Wildman–Crippen LogP) is 0.553. The van der Waals surface area contributed by atoms with Gasteiger partial charge in [-0.3, -0.25) is 9.11 Å². The van der Waals surface area contributed by atoms with E-state index in [0.29, 0.717) is 0 Å². The molecule has 108 valence electrons. The fourth-order valence-corrected chi connectivity index (χ4v) is 1.79. The van der Waals surface area contributed by atoms with E-state index in [1.807, 2.05) is 0 Å². The Morgan fingerprint density at radius 1 is 0.833 bits per heavy atom. The lowest BCUT2D eigenvalue weighted by Gasteiger charge is -2.06. The van der Waals surface area contributed by atoms with Crippen molar-refractivity contribution in [1.82, 2.24) is 0 Å². The molecule has 0 bridgehead atoms. The molecule has 0 aliphatic carbocycles. The fourth-order valence-electron chi connectivity index (χ4n) is 0.286. The molecule has 0 aromatic rings. The highest BCUT2D eigenvalue weighted by atomic mass is 32.2. The molecule has 0 unspecified atom stereocenters. The van der Waals surface area contributed by atoms with E-state index in [9.17, 15) is 39.0 Å². The molecule has 16 heteroatoms. The number of hydrogen-bond acceptors (Lipinski definition) is 7. The van der Waals surface area contributed by atoms with Crippen molar-refractivity contribution in [2.45, 2.75) is 10.9 Å². The normalized spacial score (nSPS) is 14.6. The maximum atomic E-state index is 12.3. The van der Waals surface area contributed by atoms with E-state index in [2.05, 4.69) is 9.05 Å². The monoisotopic (exact) mass is 341 g/mol. The molecule has 0 spiro atoms. The van der Waals surface area contributed by atoms with Crippen LogP contribution in [-0.2, 0) is 33.8 Å². The highest BCUT2D eigenvalue weighted by Gasteiger charge is 2.61. The summed E-state index contributed by atoms with van der Waals surface area (Å²) in [6.45, 7) is 0. The van der Waals surface area contributed by atoms with E-state index in [4.69, 9.17) is 9.11 Å². The summed E-state index contributed by atoms with van der Waals surface area (Å²) in [4.78, 5) is 0. The van der Waals surface area contributed by atoms with E-state index < -0.39 is 39.4 Å². The van der Waals surface area contributed by atoms with Gasteiger partial charge in [-0.25, -0.2) is 0 Å². The van der Waals surface area contributed by atoms with Crippen LogP contribution in [0.25, 0.3) is 0 Å². The Morgan fingerprint density at radius 3 is 1.22 bits per heavy atom. The Hall–Kier alpha value is -0.440. The van der Waals surface area contributed by atoms with Crippen molar-refractivity contribution in [3.63, 3.8) is 0 Å². The van der Waals surface area contributed by atoms with Crippen LogP contribution in [0.5, 0.6) is 0 Å². The van der Waals surface area contributed by atoms with Gasteiger partial charge in [0.25, 0.3) is 0 Å². The number of alkyl halides is 4. The van der Waals surface area contributed by atoms with Crippen LogP contribution in [-0.4, -0.2) is 36.8 Å². The molecule has 0 radical (unpaired) electrons. The van der Waals surface area contributed by atoms with Crippen molar-refractivity contribution < 1.29 is 57.1 Å². The van der Waals surface area contributed by atoms with Crippen LogP contribution < -0.4 is 0 Å². The SMILES string of the molecule is O=[P+](OC(F)(F)S(=O)(=O)O)OC(F)(F)S(=O)(=O)O. The van der Waals surface area contributed by atoms with Gasteiger partial charge in [-0.1, -0.05) is 0 Å². The van der Waals surface area contributed by atoms with Gasteiger partial charge < -0.3 is 0 Å². The molecule has 0 aromatic heterocycles. The second-order valence-electron chi connectivity index (χ2n) is 2.28. The van der Waals surface area contributed by atoms with Crippen LogP contribution in [0.3, 0.4) is 0 Å². The van der Waals surface area contributed by atoms with Crippen molar-refractivity contribution in [3.05, 3.63) is 0 Å². The Bertz CT molecular complexity index is 487. The van der Waals surface area contributed by atoms with Crippen molar-refractivity contribution >= 4 is 28.5 Å². The van der Waals surface area contributed by atoms with Gasteiger partial charge in [0.05, 0.1) is 0 Å². The predicted molar refractivity (Wildman–Crippen MR) is 42.8 cm³/mol. The summed E-state index contributed by atoms with van der Waals surface area (Å²) in [5.74, 6) is 0. The largest absolute Gasteiger partial charge is 0.712 e. The Kier molecular flexibility index (Phi) is 4.80. The molecule has 18 heavy (non-hydrogen) atoms. The maximum Gasteiger partial charge on any atom is 0.712 e. The average Bonchev–Trinajstić information content (AvgIpc) is 1.95. The highest BCUT2D eigenvalue weighted by Crippen LogP contribution is 2.42. The molecular weight excluding hydrogens is 339 g/mol. The van der Waals surface area contributed by atoms with Crippen LogP contribution >= 0.6 is 8.25 Å². The molecule has 0 aliphatic rings. The Morgan fingerprint density at radius 2 is 1.06 bits per heavy atom. The van der Waals surface area contributed by atoms with Crippen LogP contribution in [0.2, 0.25) is 0 Å². The first-order chi connectivity index (χ1) is 7.60. The number of rotatable bonds is 6. The zero-order chi connectivity index (χ0) is 15.0. The van der Waals surface area contributed by atoms with Crippen LogP contribution in [0, 0.1) is 0 Å². The van der Waals surface area contributed by atoms with Crippen molar-refractivity contribution in [1.29, 1.82) is 0 Å². The molecule has 0 amide bonds. The zero-order valence-electron chi connectivity index (χ0n) is 7.53. The molecule has 9 nitrogen and oxygen atoms in total. The summed E-state index contributed by atoms with van der Waals surface area (Å²) in [7, 11) is -17.2. The summed E-state index contributed by atoms with van der Waals surface area (Å²) in [5, 5.41) is 0. The topological polar surface area (TPSA) is 144 Å². The van der Waals surface area contributed by atoms with Gasteiger partial charge in [0, 0.05) is 4.57 Å². The molecule has 0 aliphatic heterocycles. The zero-order valence-corrected chi connectivity index (χ0v) is 10.1. The van der Waals surface area contributed by atoms with E-state index in [1.165, 1.54) is 0 Å². The quantitative estimate of drug-likeness (QED) is 0.402. The number of hydrogen-bond donors (Lipinski definition) is 2.